The second kappa shape index (κ2) is 8.56. The maximum atomic E-state index is 13.3. The Bertz CT molecular complexity index is 1090. The Balaban J connectivity index is 1.26. The number of hydrogen-bond acceptors (Lipinski definition) is 5. The third-order valence-corrected chi connectivity index (χ3v) is 9.64. The molecule has 0 saturated heterocycles. The van der Waals surface area contributed by atoms with E-state index in [0.29, 0.717) is 23.3 Å². The van der Waals surface area contributed by atoms with Gasteiger partial charge in [-0.25, -0.2) is 0 Å². The van der Waals surface area contributed by atoms with Gasteiger partial charge >= 0.3 is 0 Å². The quantitative estimate of drug-likeness (QED) is 0.405. The molecule has 1 aromatic carbocycles. The van der Waals surface area contributed by atoms with E-state index in [4.69, 9.17) is 4.74 Å². The van der Waals surface area contributed by atoms with Crippen molar-refractivity contribution in [1.29, 1.82) is 0 Å². The number of nitro groups is 1. The highest BCUT2D eigenvalue weighted by Gasteiger charge is 2.59. The van der Waals surface area contributed by atoms with E-state index in [0.717, 1.165) is 38.5 Å². The van der Waals surface area contributed by atoms with Gasteiger partial charge in [0.25, 0.3) is 5.69 Å². The monoisotopic (exact) mass is 463 g/mol. The molecule has 0 N–H and O–H groups in total. The van der Waals surface area contributed by atoms with E-state index in [1.54, 1.807) is 24.3 Å². The molecule has 1 aromatic rings. The van der Waals surface area contributed by atoms with Crippen LogP contribution in [0.1, 0.15) is 57.9 Å². The summed E-state index contributed by atoms with van der Waals surface area (Å²) in [4.78, 5) is 36.1. The molecule has 0 bridgehead atoms. The first-order valence-electron chi connectivity index (χ1n) is 12.5. The summed E-state index contributed by atoms with van der Waals surface area (Å²) < 4.78 is 5.71. The standard InChI is InChI=1S/C28H33NO5/c1-27-13-11-20(30)15-19(27)7-8-21-22-9-10-24(28(22,2)14-12-23(21)27)26(31)17-34-16-18-5-3-4-6-25(18)29(32)33/h3-6,11,13,15,21-24H,7-10,12,14,16-17H2,1-2H3/t21-,22?,23-,24-,27+,28+/m1/s1. The summed E-state index contributed by atoms with van der Waals surface area (Å²) in [6.07, 6.45) is 11.9. The third-order valence-electron chi connectivity index (χ3n) is 9.64. The number of ether oxygens (including phenoxy) is 1. The molecule has 0 radical (unpaired) electrons. The molecule has 3 saturated carbocycles. The maximum Gasteiger partial charge on any atom is 0.274 e. The van der Waals surface area contributed by atoms with E-state index >= 15 is 0 Å². The maximum absolute atomic E-state index is 13.3. The zero-order valence-corrected chi connectivity index (χ0v) is 20.0. The summed E-state index contributed by atoms with van der Waals surface area (Å²) in [5.41, 5.74) is 1.76. The number of para-hydroxylation sites is 1. The van der Waals surface area contributed by atoms with Crippen molar-refractivity contribution in [3.8, 4) is 0 Å². The molecular formula is C28H33NO5. The van der Waals surface area contributed by atoms with Crippen LogP contribution in [0.5, 0.6) is 0 Å². The largest absolute Gasteiger partial charge is 0.369 e. The van der Waals surface area contributed by atoms with Crippen molar-refractivity contribution in [3.63, 3.8) is 0 Å². The van der Waals surface area contributed by atoms with Crippen molar-refractivity contribution < 1.29 is 19.2 Å². The van der Waals surface area contributed by atoms with E-state index in [1.165, 1.54) is 11.6 Å². The van der Waals surface area contributed by atoms with Gasteiger partial charge in [-0.3, -0.25) is 19.7 Å². The molecule has 6 nitrogen and oxygen atoms in total. The van der Waals surface area contributed by atoms with Gasteiger partial charge < -0.3 is 4.74 Å². The Morgan fingerprint density at radius 1 is 1.15 bits per heavy atom. The summed E-state index contributed by atoms with van der Waals surface area (Å²) in [7, 11) is 0. The number of hydrogen-bond donors (Lipinski definition) is 0. The fourth-order valence-electron chi connectivity index (χ4n) is 7.90. The van der Waals surface area contributed by atoms with Gasteiger partial charge in [0.05, 0.1) is 17.1 Å². The minimum atomic E-state index is -0.412. The number of carbonyl (C=O) groups excluding carboxylic acids is 2. The van der Waals surface area contributed by atoms with Gasteiger partial charge in [-0.2, -0.15) is 0 Å². The van der Waals surface area contributed by atoms with Crippen molar-refractivity contribution in [1.82, 2.24) is 0 Å². The van der Waals surface area contributed by atoms with Crippen molar-refractivity contribution in [2.75, 3.05) is 6.61 Å². The molecule has 1 unspecified atom stereocenters. The highest BCUT2D eigenvalue weighted by molar-refractivity contribution is 6.01. The van der Waals surface area contributed by atoms with Crippen molar-refractivity contribution in [3.05, 3.63) is 63.7 Å². The first-order chi connectivity index (χ1) is 16.2. The lowest BCUT2D eigenvalue weighted by Gasteiger charge is -2.56. The summed E-state index contributed by atoms with van der Waals surface area (Å²) in [5.74, 6) is 1.84. The normalized spacial score (nSPS) is 36.3. The molecule has 4 aliphatic rings. The molecule has 5 rings (SSSR count). The molecule has 0 aromatic heterocycles. The van der Waals surface area contributed by atoms with Crippen LogP contribution in [0.3, 0.4) is 0 Å². The molecular weight excluding hydrogens is 430 g/mol. The lowest BCUT2D eigenvalue weighted by molar-refractivity contribution is -0.385. The van der Waals surface area contributed by atoms with Crippen LogP contribution in [-0.2, 0) is 20.9 Å². The lowest BCUT2D eigenvalue weighted by Crippen LogP contribution is -2.50. The fraction of sp³-hybridized carbons (Fsp3) is 0.571. The molecule has 0 heterocycles. The molecule has 0 aliphatic heterocycles. The minimum Gasteiger partial charge on any atom is -0.369 e. The highest BCUT2D eigenvalue weighted by Crippen LogP contribution is 2.66. The Hall–Kier alpha value is -2.60. The number of carbonyl (C=O) groups is 2. The van der Waals surface area contributed by atoms with E-state index in [2.05, 4.69) is 19.9 Å². The Kier molecular flexibility index (Phi) is 5.83. The summed E-state index contributed by atoms with van der Waals surface area (Å²) in [6, 6.07) is 6.52. The van der Waals surface area contributed by atoms with Gasteiger partial charge in [-0.15, -0.1) is 0 Å². The van der Waals surface area contributed by atoms with Crippen LogP contribution in [-0.4, -0.2) is 23.1 Å². The summed E-state index contributed by atoms with van der Waals surface area (Å²) in [5, 5.41) is 11.2. The number of benzene rings is 1. The molecule has 180 valence electrons. The predicted molar refractivity (Wildman–Crippen MR) is 128 cm³/mol. The molecule has 0 spiro atoms. The van der Waals surface area contributed by atoms with E-state index in [-0.39, 0.29) is 47.2 Å². The lowest BCUT2D eigenvalue weighted by atomic mass is 9.47. The average molecular weight is 464 g/mol. The Labute approximate surface area is 200 Å². The van der Waals surface area contributed by atoms with E-state index in [9.17, 15) is 19.7 Å². The van der Waals surface area contributed by atoms with Gasteiger partial charge in [-0.05, 0) is 79.9 Å². The van der Waals surface area contributed by atoms with Crippen LogP contribution >= 0.6 is 0 Å². The van der Waals surface area contributed by atoms with Gasteiger partial charge in [-0.1, -0.05) is 37.6 Å². The molecule has 3 fully saturated rings. The molecule has 6 heteroatoms. The van der Waals surface area contributed by atoms with Crippen LogP contribution in [0.4, 0.5) is 5.69 Å². The van der Waals surface area contributed by atoms with Gasteiger partial charge in [0, 0.05) is 17.4 Å². The van der Waals surface area contributed by atoms with Crippen molar-refractivity contribution in [2.24, 2.45) is 34.5 Å². The first-order valence-corrected chi connectivity index (χ1v) is 12.5. The first kappa shape index (κ1) is 23.2. The zero-order chi connectivity index (χ0) is 24.1. The molecule has 4 aliphatic carbocycles. The molecule has 0 amide bonds. The molecule has 6 atom stereocenters. The number of nitrogens with zero attached hydrogens (tertiary/aromatic N) is 1. The van der Waals surface area contributed by atoms with E-state index in [1.807, 2.05) is 6.08 Å². The van der Waals surface area contributed by atoms with Crippen LogP contribution < -0.4 is 0 Å². The zero-order valence-electron chi connectivity index (χ0n) is 20.0. The van der Waals surface area contributed by atoms with Crippen molar-refractivity contribution in [2.45, 2.75) is 59.0 Å². The number of Topliss-reactive ketones (excluding diaryl/α,β-unsaturated/α-hetero) is 1. The number of ketones is 2. The van der Waals surface area contributed by atoms with E-state index < -0.39 is 4.92 Å². The summed E-state index contributed by atoms with van der Waals surface area (Å²) in [6.45, 7) is 4.68. The van der Waals surface area contributed by atoms with Crippen LogP contribution in [0.2, 0.25) is 0 Å². The second-order valence-electron chi connectivity index (χ2n) is 11.1. The Morgan fingerprint density at radius 3 is 2.74 bits per heavy atom. The predicted octanol–water partition coefficient (Wildman–Crippen LogP) is 5.60. The third kappa shape index (κ3) is 3.67. The summed E-state index contributed by atoms with van der Waals surface area (Å²) >= 11 is 0. The van der Waals surface area contributed by atoms with Crippen LogP contribution in [0.15, 0.2) is 48.1 Å². The number of fused-ring (bicyclic) bond motifs is 5. The smallest absolute Gasteiger partial charge is 0.274 e. The highest BCUT2D eigenvalue weighted by atomic mass is 16.6. The average Bonchev–Trinajstić information content (AvgIpc) is 3.17. The van der Waals surface area contributed by atoms with Gasteiger partial charge in [0.15, 0.2) is 11.6 Å². The number of allylic oxidation sites excluding steroid dienone is 4. The SMILES string of the molecule is C[C@]12C=CC(=O)C=C1CC[C@@H]1C3CC[C@H](C(=O)COCc4ccccc4[N+](=O)[O-])[C@@]3(C)CC[C@H]12. The topological polar surface area (TPSA) is 86.5 Å². The van der Waals surface area contributed by atoms with Crippen LogP contribution in [0, 0.1) is 44.6 Å². The number of nitro benzene ring substituents is 1. The van der Waals surface area contributed by atoms with Gasteiger partial charge in [0.1, 0.15) is 6.61 Å². The van der Waals surface area contributed by atoms with Crippen molar-refractivity contribution >= 4 is 17.3 Å². The fourth-order valence-corrected chi connectivity index (χ4v) is 7.90. The van der Waals surface area contributed by atoms with Crippen LogP contribution in [0.25, 0.3) is 0 Å². The second-order valence-corrected chi connectivity index (χ2v) is 11.1. The number of rotatable bonds is 6. The van der Waals surface area contributed by atoms with Gasteiger partial charge in [0.2, 0.25) is 0 Å². The minimum absolute atomic E-state index is 0.00255. The molecule has 34 heavy (non-hydrogen) atoms. The Morgan fingerprint density at radius 2 is 1.94 bits per heavy atom.